The van der Waals surface area contributed by atoms with Gasteiger partial charge in [-0.3, -0.25) is 9.52 Å². The number of carbonyl (C=O) groups excluding carboxylic acids is 1. The first-order valence-electron chi connectivity index (χ1n) is 11.4. The summed E-state index contributed by atoms with van der Waals surface area (Å²) in [5.41, 5.74) is 1.60. The molecule has 0 bridgehead atoms. The predicted octanol–water partition coefficient (Wildman–Crippen LogP) is 3.47. The maximum absolute atomic E-state index is 13.2. The van der Waals surface area contributed by atoms with E-state index in [-0.39, 0.29) is 17.6 Å². The SMILES string of the molecule is CCCCN1CCCN(C(=O)c2ccc(C)c(NS(=O)(=O)c3ccc4c(c3)OCO4)c2)CC1. The van der Waals surface area contributed by atoms with Crippen LogP contribution in [0.3, 0.4) is 0 Å². The van der Waals surface area contributed by atoms with Crippen molar-refractivity contribution in [2.45, 2.75) is 38.0 Å². The molecule has 1 fully saturated rings. The Balaban J connectivity index is 1.49. The van der Waals surface area contributed by atoms with Crippen molar-refractivity contribution in [3.8, 4) is 11.5 Å². The average molecular weight is 474 g/mol. The lowest BCUT2D eigenvalue weighted by Crippen LogP contribution is -2.35. The molecule has 2 aromatic rings. The standard InChI is InChI=1S/C24H31N3O5S/c1-3-4-10-26-11-5-12-27(14-13-26)24(28)19-7-6-18(2)21(15-19)25-33(29,30)20-8-9-22-23(16-20)32-17-31-22/h6-9,15-16,25H,3-5,10-14,17H2,1-2H3. The number of sulfonamides is 1. The fourth-order valence-electron chi connectivity index (χ4n) is 4.07. The van der Waals surface area contributed by atoms with E-state index in [0.29, 0.717) is 35.8 Å². The molecule has 0 spiro atoms. The average Bonchev–Trinajstić information content (AvgIpc) is 3.15. The number of anilines is 1. The van der Waals surface area contributed by atoms with E-state index in [4.69, 9.17) is 9.47 Å². The summed E-state index contributed by atoms with van der Waals surface area (Å²) < 4.78 is 39.2. The van der Waals surface area contributed by atoms with Crippen LogP contribution in [0, 0.1) is 6.92 Å². The lowest BCUT2D eigenvalue weighted by molar-refractivity contribution is 0.0761. The van der Waals surface area contributed by atoms with Crippen molar-refractivity contribution in [1.82, 2.24) is 9.80 Å². The van der Waals surface area contributed by atoms with E-state index in [1.165, 1.54) is 18.6 Å². The van der Waals surface area contributed by atoms with E-state index < -0.39 is 10.0 Å². The van der Waals surface area contributed by atoms with Gasteiger partial charge < -0.3 is 19.3 Å². The summed E-state index contributed by atoms with van der Waals surface area (Å²) in [5.74, 6) is 0.840. The molecular formula is C24H31N3O5S. The topological polar surface area (TPSA) is 88.2 Å². The lowest BCUT2D eigenvalue weighted by atomic mass is 10.1. The number of ether oxygens (including phenoxy) is 2. The summed E-state index contributed by atoms with van der Waals surface area (Å²) >= 11 is 0. The van der Waals surface area contributed by atoms with Crippen LogP contribution in [-0.2, 0) is 10.0 Å². The number of aryl methyl sites for hydroxylation is 1. The summed E-state index contributed by atoms with van der Waals surface area (Å²) in [6.07, 6.45) is 3.26. The molecule has 0 radical (unpaired) electrons. The number of hydrogen-bond acceptors (Lipinski definition) is 6. The van der Waals surface area contributed by atoms with Gasteiger partial charge in [-0.2, -0.15) is 0 Å². The normalized spacial score (nSPS) is 16.5. The third-order valence-corrected chi connectivity index (χ3v) is 7.45. The zero-order valence-corrected chi connectivity index (χ0v) is 20.0. The Morgan fingerprint density at radius 3 is 2.67 bits per heavy atom. The number of hydrogen-bond donors (Lipinski definition) is 1. The second-order valence-corrected chi connectivity index (χ2v) is 10.2. The first-order valence-corrected chi connectivity index (χ1v) is 12.9. The largest absolute Gasteiger partial charge is 0.454 e. The van der Waals surface area contributed by atoms with Crippen LogP contribution in [0.2, 0.25) is 0 Å². The molecule has 0 saturated carbocycles. The van der Waals surface area contributed by atoms with E-state index in [9.17, 15) is 13.2 Å². The lowest BCUT2D eigenvalue weighted by Gasteiger charge is -2.22. The predicted molar refractivity (Wildman–Crippen MR) is 126 cm³/mol. The number of rotatable bonds is 7. The minimum Gasteiger partial charge on any atom is -0.454 e. The van der Waals surface area contributed by atoms with Gasteiger partial charge >= 0.3 is 0 Å². The maximum atomic E-state index is 13.2. The van der Waals surface area contributed by atoms with Gasteiger partial charge in [0.2, 0.25) is 6.79 Å². The van der Waals surface area contributed by atoms with Crippen LogP contribution < -0.4 is 14.2 Å². The molecule has 0 aliphatic carbocycles. The number of nitrogens with one attached hydrogen (secondary N) is 1. The van der Waals surface area contributed by atoms with Crippen LogP contribution in [0.25, 0.3) is 0 Å². The number of fused-ring (bicyclic) bond motifs is 1. The molecule has 4 rings (SSSR count). The number of nitrogens with zero attached hydrogens (tertiary/aromatic N) is 2. The highest BCUT2D eigenvalue weighted by atomic mass is 32.2. The Kier molecular flexibility index (Phi) is 7.09. The summed E-state index contributed by atoms with van der Waals surface area (Å²) in [5, 5.41) is 0. The van der Waals surface area contributed by atoms with E-state index in [2.05, 4.69) is 16.5 Å². The molecule has 1 N–H and O–H groups in total. The maximum Gasteiger partial charge on any atom is 0.262 e. The highest BCUT2D eigenvalue weighted by Gasteiger charge is 2.23. The van der Waals surface area contributed by atoms with Gasteiger partial charge in [0.05, 0.1) is 10.6 Å². The molecule has 178 valence electrons. The molecule has 9 heteroatoms. The summed E-state index contributed by atoms with van der Waals surface area (Å²) in [6.45, 7) is 8.37. The Labute approximate surface area is 195 Å². The van der Waals surface area contributed by atoms with E-state index in [0.717, 1.165) is 38.0 Å². The van der Waals surface area contributed by atoms with Gasteiger partial charge in [-0.1, -0.05) is 19.4 Å². The van der Waals surface area contributed by atoms with Gasteiger partial charge in [0.1, 0.15) is 0 Å². The molecule has 2 aliphatic rings. The zero-order chi connectivity index (χ0) is 23.4. The molecule has 0 unspecified atom stereocenters. The molecule has 8 nitrogen and oxygen atoms in total. The summed E-state index contributed by atoms with van der Waals surface area (Å²) in [6, 6.07) is 9.65. The smallest absolute Gasteiger partial charge is 0.262 e. The van der Waals surface area contributed by atoms with E-state index in [1.807, 2.05) is 11.8 Å². The zero-order valence-electron chi connectivity index (χ0n) is 19.2. The quantitative estimate of drug-likeness (QED) is 0.663. The van der Waals surface area contributed by atoms with E-state index >= 15 is 0 Å². The fourth-order valence-corrected chi connectivity index (χ4v) is 5.21. The highest BCUT2D eigenvalue weighted by Crippen LogP contribution is 2.34. The van der Waals surface area contributed by atoms with Gasteiger partial charge in [-0.25, -0.2) is 8.42 Å². The molecule has 2 aromatic carbocycles. The molecule has 33 heavy (non-hydrogen) atoms. The molecule has 0 aromatic heterocycles. The van der Waals surface area contributed by atoms with Crippen molar-refractivity contribution in [3.63, 3.8) is 0 Å². The first-order chi connectivity index (χ1) is 15.9. The van der Waals surface area contributed by atoms with Crippen LogP contribution in [0.5, 0.6) is 11.5 Å². The van der Waals surface area contributed by atoms with Crippen LogP contribution >= 0.6 is 0 Å². The van der Waals surface area contributed by atoms with Crippen molar-refractivity contribution in [2.75, 3.05) is 44.2 Å². The Bertz CT molecular complexity index is 1120. The molecule has 0 atom stereocenters. The Morgan fingerprint density at radius 1 is 1.03 bits per heavy atom. The minimum absolute atomic E-state index is 0.0718. The fraction of sp³-hybridized carbons (Fsp3) is 0.458. The van der Waals surface area contributed by atoms with Gasteiger partial charge in [0.15, 0.2) is 11.5 Å². The van der Waals surface area contributed by atoms with Crippen LogP contribution in [-0.4, -0.2) is 63.6 Å². The highest BCUT2D eigenvalue weighted by molar-refractivity contribution is 7.92. The number of carbonyl (C=O) groups is 1. The Hall–Kier alpha value is -2.78. The van der Waals surface area contributed by atoms with Crippen molar-refractivity contribution >= 4 is 21.6 Å². The van der Waals surface area contributed by atoms with Crippen LogP contribution in [0.15, 0.2) is 41.3 Å². The molecule has 2 aliphatic heterocycles. The third kappa shape index (κ3) is 5.42. The summed E-state index contributed by atoms with van der Waals surface area (Å²) in [4.78, 5) is 17.6. The van der Waals surface area contributed by atoms with Gasteiger partial charge in [0.25, 0.3) is 15.9 Å². The van der Waals surface area contributed by atoms with Crippen molar-refractivity contribution in [3.05, 3.63) is 47.5 Å². The number of unbranched alkanes of at least 4 members (excludes halogenated alkanes) is 1. The Morgan fingerprint density at radius 2 is 1.85 bits per heavy atom. The minimum atomic E-state index is -3.86. The second kappa shape index (κ2) is 10.0. The van der Waals surface area contributed by atoms with Crippen molar-refractivity contribution in [2.24, 2.45) is 0 Å². The second-order valence-electron chi connectivity index (χ2n) is 8.49. The molecule has 1 amide bonds. The van der Waals surface area contributed by atoms with Crippen LogP contribution in [0.1, 0.15) is 42.1 Å². The third-order valence-electron chi connectivity index (χ3n) is 6.09. The van der Waals surface area contributed by atoms with E-state index in [1.54, 1.807) is 24.3 Å². The molecular weight excluding hydrogens is 442 g/mol. The monoisotopic (exact) mass is 473 g/mol. The number of amides is 1. The van der Waals surface area contributed by atoms with Crippen molar-refractivity contribution < 1.29 is 22.7 Å². The van der Waals surface area contributed by atoms with Gasteiger partial charge in [-0.05, 0) is 62.7 Å². The van der Waals surface area contributed by atoms with Gasteiger partial charge in [-0.15, -0.1) is 0 Å². The van der Waals surface area contributed by atoms with Crippen molar-refractivity contribution in [1.29, 1.82) is 0 Å². The molecule has 1 saturated heterocycles. The number of benzene rings is 2. The molecule has 2 heterocycles. The summed E-state index contributed by atoms with van der Waals surface area (Å²) in [7, 11) is -3.86. The first kappa shape index (κ1) is 23.4. The van der Waals surface area contributed by atoms with Crippen LogP contribution in [0.4, 0.5) is 5.69 Å². The van der Waals surface area contributed by atoms with Gasteiger partial charge in [0, 0.05) is 31.3 Å².